The third-order valence-corrected chi connectivity index (χ3v) is 3.91. The smallest absolute Gasteiger partial charge is 0.357 e. The van der Waals surface area contributed by atoms with E-state index in [0.29, 0.717) is 17.9 Å². The lowest BCUT2D eigenvalue weighted by Gasteiger charge is -2.09. The molecule has 7 nitrogen and oxygen atoms in total. The fraction of sp³-hybridized carbons (Fsp3) is 0.316. The van der Waals surface area contributed by atoms with E-state index < -0.39 is 11.9 Å². The van der Waals surface area contributed by atoms with Crippen LogP contribution in [0, 0.1) is 11.3 Å². The van der Waals surface area contributed by atoms with Crippen LogP contribution >= 0.6 is 0 Å². The Bertz CT molecular complexity index is 832. The Hall–Kier alpha value is -3.27. The summed E-state index contributed by atoms with van der Waals surface area (Å²) in [7, 11) is 1.24. The summed E-state index contributed by atoms with van der Waals surface area (Å²) in [4.78, 5) is 24.0. The first-order chi connectivity index (χ1) is 12.5. The summed E-state index contributed by atoms with van der Waals surface area (Å²) >= 11 is 0. The maximum Gasteiger partial charge on any atom is 0.357 e. The van der Waals surface area contributed by atoms with E-state index in [1.54, 1.807) is 24.3 Å². The lowest BCUT2D eigenvalue weighted by Crippen LogP contribution is -2.11. The second kappa shape index (κ2) is 8.72. The summed E-state index contributed by atoms with van der Waals surface area (Å²) in [5.41, 5.74) is 7.14. The zero-order valence-corrected chi connectivity index (χ0v) is 14.8. The van der Waals surface area contributed by atoms with Gasteiger partial charge in [-0.15, -0.1) is 0 Å². The highest BCUT2D eigenvalue weighted by Crippen LogP contribution is 2.25. The van der Waals surface area contributed by atoms with E-state index >= 15 is 0 Å². The molecule has 0 saturated carbocycles. The van der Waals surface area contributed by atoms with Gasteiger partial charge in [-0.2, -0.15) is 5.26 Å². The lowest BCUT2D eigenvalue weighted by atomic mass is 10.2. The van der Waals surface area contributed by atoms with Crippen LogP contribution in [0.5, 0.6) is 0 Å². The Balaban J connectivity index is 2.25. The Morgan fingerprint density at radius 3 is 2.46 bits per heavy atom. The van der Waals surface area contributed by atoms with E-state index in [0.717, 1.165) is 19.3 Å². The van der Waals surface area contributed by atoms with Gasteiger partial charge < -0.3 is 19.8 Å². The molecule has 0 spiro atoms. The molecule has 0 radical (unpaired) electrons. The Labute approximate surface area is 151 Å². The average Bonchev–Trinajstić information content (AvgIpc) is 3.01. The standard InChI is InChI=1S/C19H21N3O4/c1-3-4-5-10-26-18(23)13-6-8-15(9-7-13)22-12-14(11-20)16(21)17(22)19(24)25-2/h6-9,12H,3-5,10,21H2,1-2H3. The number of aromatic nitrogens is 1. The van der Waals surface area contributed by atoms with Crippen LogP contribution in [0.1, 0.15) is 52.6 Å². The van der Waals surface area contributed by atoms with Crippen LogP contribution < -0.4 is 5.73 Å². The van der Waals surface area contributed by atoms with Gasteiger partial charge >= 0.3 is 11.9 Å². The highest BCUT2D eigenvalue weighted by atomic mass is 16.5. The van der Waals surface area contributed by atoms with Crippen LogP contribution in [0.15, 0.2) is 30.5 Å². The predicted molar refractivity (Wildman–Crippen MR) is 96.0 cm³/mol. The fourth-order valence-corrected chi connectivity index (χ4v) is 2.48. The molecule has 0 aliphatic heterocycles. The number of hydrogen-bond donors (Lipinski definition) is 1. The normalized spacial score (nSPS) is 10.2. The van der Waals surface area contributed by atoms with Gasteiger partial charge in [0, 0.05) is 11.9 Å². The number of esters is 2. The summed E-state index contributed by atoms with van der Waals surface area (Å²) in [6.45, 7) is 2.47. The zero-order valence-electron chi connectivity index (χ0n) is 14.8. The number of nitrogen functional groups attached to an aromatic ring is 1. The van der Waals surface area contributed by atoms with Crippen molar-refractivity contribution < 1.29 is 19.1 Å². The van der Waals surface area contributed by atoms with Crippen molar-refractivity contribution in [3.63, 3.8) is 0 Å². The summed E-state index contributed by atoms with van der Waals surface area (Å²) in [6, 6.07) is 8.43. The maximum atomic E-state index is 12.0. The molecular weight excluding hydrogens is 334 g/mol. The Morgan fingerprint density at radius 2 is 1.88 bits per heavy atom. The van der Waals surface area contributed by atoms with Crippen LogP contribution in [0.4, 0.5) is 5.69 Å². The number of nitriles is 1. The molecule has 0 bridgehead atoms. The van der Waals surface area contributed by atoms with E-state index in [2.05, 4.69) is 6.92 Å². The van der Waals surface area contributed by atoms with Gasteiger partial charge in [0.2, 0.25) is 0 Å². The lowest BCUT2D eigenvalue weighted by molar-refractivity contribution is 0.0497. The molecule has 0 atom stereocenters. The van der Waals surface area contributed by atoms with Gasteiger partial charge in [-0.25, -0.2) is 9.59 Å². The number of rotatable bonds is 7. The van der Waals surface area contributed by atoms with Gasteiger partial charge in [0.25, 0.3) is 0 Å². The van der Waals surface area contributed by atoms with Crippen molar-refractivity contribution in [2.45, 2.75) is 26.2 Å². The van der Waals surface area contributed by atoms with Crippen molar-refractivity contribution >= 4 is 17.6 Å². The molecule has 1 aromatic carbocycles. The average molecular weight is 355 g/mol. The third kappa shape index (κ3) is 4.03. The van der Waals surface area contributed by atoms with Crippen LogP contribution in [-0.2, 0) is 9.47 Å². The fourth-order valence-electron chi connectivity index (χ4n) is 2.48. The first-order valence-electron chi connectivity index (χ1n) is 8.30. The zero-order chi connectivity index (χ0) is 19.1. The van der Waals surface area contributed by atoms with Crippen molar-refractivity contribution in [2.75, 3.05) is 19.5 Å². The van der Waals surface area contributed by atoms with Gasteiger partial charge in [-0.05, 0) is 30.7 Å². The molecule has 0 aliphatic rings. The van der Waals surface area contributed by atoms with E-state index in [9.17, 15) is 9.59 Å². The summed E-state index contributed by atoms with van der Waals surface area (Å²) < 4.78 is 11.4. The number of methoxy groups -OCH3 is 1. The molecule has 7 heteroatoms. The minimum absolute atomic E-state index is 0.0544. The monoisotopic (exact) mass is 355 g/mol. The highest BCUT2D eigenvalue weighted by molar-refractivity contribution is 5.96. The van der Waals surface area contributed by atoms with Gasteiger partial charge in [0.05, 0.1) is 30.5 Å². The van der Waals surface area contributed by atoms with E-state index in [1.165, 1.54) is 17.9 Å². The minimum atomic E-state index is -0.650. The number of carbonyl (C=O) groups is 2. The molecule has 2 rings (SSSR count). The largest absolute Gasteiger partial charge is 0.464 e. The predicted octanol–water partition coefficient (Wildman–Crippen LogP) is 3.06. The number of ether oxygens (including phenoxy) is 2. The maximum absolute atomic E-state index is 12.0. The van der Waals surface area contributed by atoms with Crippen molar-refractivity contribution in [1.29, 1.82) is 5.26 Å². The molecule has 1 aromatic heterocycles. The number of benzene rings is 1. The number of carbonyl (C=O) groups excluding carboxylic acids is 2. The van der Waals surface area contributed by atoms with Crippen molar-refractivity contribution in [3.05, 3.63) is 47.3 Å². The van der Waals surface area contributed by atoms with Crippen molar-refractivity contribution in [2.24, 2.45) is 0 Å². The van der Waals surface area contributed by atoms with Crippen LogP contribution in [0.3, 0.4) is 0 Å². The molecule has 0 unspecified atom stereocenters. The second-order valence-corrected chi connectivity index (χ2v) is 5.67. The topological polar surface area (TPSA) is 107 Å². The Morgan fingerprint density at radius 1 is 1.19 bits per heavy atom. The first-order valence-corrected chi connectivity index (χ1v) is 8.30. The molecular formula is C19H21N3O4. The molecule has 0 amide bonds. The molecule has 2 aromatic rings. The van der Waals surface area contributed by atoms with Crippen molar-refractivity contribution in [3.8, 4) is 11.8 Å². The summed E-state index contributed by atoms with van der Waals surface area (Å²) in [6.07, 6.45) is 4.36. The molecule has 0 fully saturated rings. The number of anilines is 1. The number of hydrogen-bond acceptors (Lipinski definition) is 6. The van der Waals surface area contributed by atoms with Gasteiger partial charge in [-0.1, -0.05) is 19.8 Å². The van der Waals surface area contributed by atoms with Gasteiger partial charge in [-0.3, -0.25) is 0 Å². The highest BCUT2D eigenvalue weighted by Gasteiger charge is 2.21. The molecule has 0 aliphatic carbocycles. The SMILES string of the molecule is CCCCCOC(=O)c1ccc(-n2cc(C#N)c(N)c2C(=O)OC)cc1. The molecule has 0 saturated heterocycles. The summed E-state index contributed by atoms with van der Waals surface area (Å²) in [5, 5.41) is 9.14. The van der Waals surface area contributed by atoms with Crippen molar-refractivity contribution in [1.82, 2.24) is 4.57 Å². The molecule has 1 heterocycles. The van der Waals surface area contributed by atoms with Crippen LogP contribution in [0.2, 0.25) is 0 Å². The van der Waals surface area contributed by atoms with Crippen LogP contribution in [-0.4, -0.2) is 30.2 Å². The van der Waals surface area contributed by atoms with E-state index in [-0.39, 0.29) is 16.9 Å². The van der Waals surface area contributed by atoms with Gasteiger partial charge in [0.1, 0.15) is 6.07 Å². The quantitative estimate of drug-likeness (QED) is 0.604. The van der Waals surface area contributed by atoms with Crippen LogP contribution in [0.25, 0.3) is 5.69 Å². The molecule has 2 N–H and O–H groups in total. The first kappa shape index (κ1) is 19.1. The number of unbranched alkanes of at least 4 members (excludes halogenated alkanes) is 2. The number of nitrogens with zero attached hydrogens (tertiary/aromatic N) is 2. The second-order valence-electron chi connectivity index (χ2n) is 5.67. The summed E-state index contributed by atoms with van der Waals surface area (Å²) in [5.74, 6) is -1.05. The number of nitrogens with two attached hydrogens (primary N) is 1. The van der Waals surface area contributed by atoms with E-state index in [4.69, 9.17) is 20.5 Å². The Kier molecular flexibility index (Phi) is 6.39. The van der Waals surface area contributed by atoms with E-state index in [1.807, 2.05) is 6.07 Å². The minimum Gasteiger partial charge on any atom is -0.464 e. The molecule has 136 valence electrons. The molecule has 26 heavy (non-hydrogen) atoms. The third-order valence-electron chi connectivity index (χ3n) is 3.91. The van der Waals surface area contributed by atoms with Gasteiger partial charge in [0.15, 0.2) is 5.69 Å².